The van der Waals surface area contributed by atoms with Crippen LogP contribution in [0.25, 0.3) is 0 Å². The average Bonchev–Trinajstić information content (AvgIpc) is 2.78. The second kappa shape index (κ2) is 4.70. The molecule has 1 saturated heterocycles. The number of carbonyl (C=O) groups excluding carboxylic acids is 1. The third-order valence-electron chi connectivity index (χ3n) is 2.69. The maximum atomic E-state index is 10.7. The van der Waals surface area contributed by atoms with Crippen LogP contribution in [-0.4, -0.2) is 28.7 Å². The van der Waals surface area contributed by atoms with Crippen molar-refractivity contribution in [1.29, 1.82) is 0 Å². The minimum Gasteiger partial charge on any atom is -0.346 e. The first-order chi connectivity index (χ1) is 7.33. The Kier molecular flexibility index (Phi) is 3.30. The third kappa shape index (κ3) is 2.34. The molecule has 0 aromatic carbocycles. The largest absolute Gasteiger partial charge is 0.346 e. The summed E-state index contributed by atoms with van der Waals surface area (Å²) in [7, 11) is 0. The van der Waals surface area contributed by atoms with Gasteiger partial charge < -0.3 is 9.69 Å². The zero-order valence-electron chi connectivity index (χ0n) is 8.85. The predicted octanol–water partition coefficient (Wildman–Crippen LogP) is 1.52. The minimum absolute atomic E-state index is 0.174. The van der Waals surface area contributed by atoms with Gasteiger partial charge in [0.1, 0.15) is 12.1 Å². The molecule has 1 aliphatic heterocycles. The zero-order valence-corrected chi connectivity index (χ0v) is 9.66. The molecule has 0 amide bonds. The molecule has 4 nitrogen and oxygen atoms in total. The Labute approximate surface area is 93.5 Å². The summed E-state index contributed by atoms with van der Waals surface area (Å²) in [4.78, 5) is 17.4. The van der Waals surface area contributed by atoms with Crippen LogP contribution in [0.4, 0.5) is 5.13 Å². The molecule has 1 aromatic rings. The van der Waals surface area contributed by atoms with Crippen molar-refractivity contribution in [2.75, 3.05) is 18.0 Å². The van der Waals surface area contributed by atoms with Gasteiger partial charge in [0, 0.05) is 37.0 Å². The van der Waals surface area contributed by atoms with Gasteiger partial charge in [-0.15, -0.1) is 0 Å². The van der Waals surface area contributed by atoms with E-state index in [2.05, 4.69) is 21.2 Å². The molecule has 82 valence electrons. The summed E-state index contributed by atoms with van der Waals surface area (Å²) in [5.41, 5.74) is 0. The lowest BCUT2D eigenvalue weighted by molar-refractivity contribution is -0.111. The van der Waals surface area contributed by atoms with Crippen LogP contribution in [0.3, 0.4) is 0 Å². The first-order valence-corrected chi connectivity index (χ1v) is 6.13. The van der Waals surface area contributed by atoms with Gasteiger partial charge in [-0.05, 0) is 12.8 Å². The van der Waals surface area contributed by atoms with Crippen LogP contribution in [-0.2, 0) is 11.2 Å². The van der Waals surface area contributed by atoms with Gasteiger partial charge in [-0.2, -0.15) is 4.37 Å². The van der Waals surface area contributed by atoms with E-state index in [4.69, 9.17) is 0 Å². The fourth-order valence-corrected chi connectivity index (χ4v) is 2.60. The third-order valence-corrected chi connectivity index (χ3v) is 3.51. The number of piperidine rings is 1. The number of hydrogen-bond donors (Lipinski definition) is 0. The number of hydrogen-bond acceptors (Lipinski definition) is 5. The monoisotopic (exact) mass is 225 g/mol. The van der Waals surface area contributed by atoms with Crippen molar-refractivity contribution < 1.29 is 4.79 Å². The van der Waals surface area contributed by atoms with Crippen LogP contribution in [0.5, 0.6) is 0 Å². The number of rotatable bonds is 3. The van der Waals surface area contributed by atoms with Gasteiger partial charge >= 0.3 is 0 Å². The number of aromatic nitrogens is 2. The summed E-state index contributed by atoms with van der Waals surface area (Å²) in [5, 5.41) is 0.971. The molecule has 0 saturated carbocycles. The molecule has 1 fully saturated rings. The van der Waals surface area contributed by atoms with Crippen LogP contribution < -0.4 is 4.90 Å². The molecule has 0 radical (unpaired) electrons. The molecule has 5 heteroatoms. The van der Waals surface area contributed by atoms with E-state index in [1.54, 1.807) is 0 Å². The Morgan fingerprint density at radius 3 is 3.20 bits per heavy atom. The van der Waals surface area contributed by atoms with E-state index in [1.807, 2.05) is 0 Å². The van der Waals surface area contributed by atoms with Gasteiger partial charge in [0.2, 0.25) is 5.13 Å². The summed E-state index contributed by atoms with van der Waals surface area (Å²) in [6, 6.07) is 0. The second-order valence-corrected chi connectivity index (χ2v) is 4.56. The van der Waals surface area contributed by atoms with E-state index in [0.717, 1.165) is 49.6 Å². The normalized spacial score (nSPS) is 21.7. The Morgan fingerprint density at radius 2 is 2.53 bits per heavy atom. The Morgan fingerprint density at radius 1 is 1.67 bits per heavy atom. The van der Waals surface area contributed by atoms with E-state index in [0.29, 0.717) is 0 Å². The Bertz CT molecular complexity index is 339. The van der Waals surface area contributed by atoms with Crippen LogP contribution in [0.1, 0.15) is 25.6 Å². The quantitative estimate of drug-likeness (QED) is 0.732. The molecular weight excluding hydrogens is 210 g/mol. The fraction of sp³-hybridized carbons (Fsp3) is 0.700. The number of aryl methyl sites for hydroxylation is 1. The highest BCUT2D eigenvalue weighted by Crippen LogP contribution is 2.23. The van der Waals surface area contributed by atoms with Gasteiger partial charge in [0.05, 0.1) is 0 Å². The van der Waals surface area contributed by atoms with Crippen LogP contribution in [0.15, 0.2) is 0 Å². The van der Waals surface area contributed by atoms with Gasteiger partial charge in [0.15, 0.2) is 0 Å². The molecule has 0 N–H and O–H groups in total. The van der Waals surface area contributed by atoms with Gasteiger partial charge in [0.25, 0.3) is 0 Å². The molecule has 2 rings (SSSR count). The summed E-state index contributed by atoms with van der Waals surface area (Å²) >= 11 is 1.44. The molecular formula is C10H15N3OS. The first-order valence-electron chi connectivity index (χ1n) is 5.36. The van der Waals surface area contributed by atoms with Crippen LogP contribution in [0, 0.1) is 5.92 Å². The maximum absolute atomic E-state index is 10.7. The van der Waals surface area contributed by atoms with Crippen molar-refractivity contribution in [3.63, 3.8) is 0 Å². The van der Waals surface area contributed by atoms with Gasteiger partial charge in [-0.25, -0.2) is 4.98 Å². The highest BCUT2D eigenvalue weighted by molar-refractivity contribution is 7.09. The highest BCUT2D eigenvalue weighted by atomic mass is 32.1. The number of aldehydes is 1. The van der Waals surface area contributed by atoms with Crippen molar-refractivity contribution in [3.05, 3.63) is 5.82 Å². The van der Waals surface area contributed by atoms with E-state index >= 15 is 0 Å². The van der Waals surface area contributed by atoms with Crippen LogP contribution >= 0.6 is 11.5 Å². The SMILES string of the molecule is CCc1nsc(N2CCCC(C=O)C2)n1. The molecule has 0 bridgehead atoms. The van der Waals surface area contributed by atoms with Crippen molar-refractivity contribution in [1.82, 2.24) is 9.36 Å². The zero-order chi connectivity index (χ0) is 10.7. The minimum atomic E-state index is 0.174. The fourth-order valence-electron chi connectivity index (χ4n) is 1.81. The summed E-state index contributed by atoms with van der Waals surface area (Å²) in [5.74, 6) is 1.08. The van der Waals surface area contributed by atoms with E-state index < -0.39 is 0 Å². The first kappa shape index (κ1) is 10.5. The smallest absolute Gasteiger partial charge is 0.205 e. The van der Waals surface area contributed by atoms with Crippen molar-refractivity contribution in [2.45, 2.75) is 26.2 Å². The van der Waals surface area contributed by atoms with Crippen molar-refractivity contribution >= 4 is 23.0 Å². The van der Waals surface area contributed by atoms with Crippen LogP contribution in [0.2, 0.25) is 0 Å². The molecule has 1 aliphatic rings. The van der Waals surface area contributed by atoms with Crippen molar-refractivity contribution in [2.24, 2.45) is 5.92 Å². The maximum Gasteiger partial charge on any atom is 0.205 e. The average molecular weight is 225 g/mol. The molecule has 15 heavy (non-hydrogen) atoms. The predicted molar refractivity (Wildman–Crippen MR) is 60.3 cm³/mol. The second-order valence-electron chi connectivity index (χ2n) is 3.83. The lowest BCUT2D eigenvalue weighted by atomic mass is 10.0. The Balaban J connectivity index is 2.06. The highest BCUT2D eigenvalue weighted by Gasteiger charge is 2.21. The molecule has 2 heterocycles. The van der Waals surface area contributed by atoms with E-state index in [-0.39, 0.29) is 5.92 Å². The van der Waals surface area contributed by atoms with E-state index in [9.17, 15) is 4.79 Å². The Hall–Kier alpha value is -0.970. The summed E-state index contributed by atoms with van der Waals surface area (Å²) < 4.78 is 4.26. The van der Waals surface area contributed by atoms with Crippen molar-refractivity contribution in [3.8, 4) is 0 Å². The summed E-state index contributed by atoms with van der Waals surface area (Å²) in [6.07, 6.45) is 4.03. The number of nitrogens with zero attached hydrogens (tertiary/aromatic N) is 3. The molecule has 1 atom stereocenters. The lowest BCUT2D eigenvalue weighted by Gasteiger charge is -2.29. The molecule has 0 aliphatic carbocycles. The summed E-state index contributed by atoms with van der Waals surface area (Å²) in [6.45, 7) is 3.86. The standard InChI is InChI=1S/C10H15N3OS/c1-2-9-11-10(15-12-9)13-5-3-4-8(6-13)7-14/h7-8H,2-6H2,1H3. The van der Waals surface area contributed by atoms with E-state index in [1.165, 1.54) is 11.5 Å². The lowest BCUT2D eigenvalue weighted by Crippen LogP contribution is -2.35. The van der Waals surface area contributed by atoms with Gasteiger partial charge in [-0.3, -0.25) is 0 Å². The number of anilines is 1. The topological polar surface area (TPSA) is 46.1 Å². The number of carbonyl (C=O) groups is 1. The van der Waals surface area contributed by atoms with Gasteiger partial charge in [-0.1, -0.05) is 6.92 Å². The molecule has 1 unspecified atom stereocenters. The molecule has 0 spiro atoms. The molecule has 1 aromatic heterocycles.